The molecule has 1 aliphatic rings. The SMILES string of the molecule is CCC[C@@H]1[C@@H](CC)OC(OC(C)=O)[C@@H]1OC(C)=O. The van der Waals surface area contributed by atoms with Crippen LogP contribution >= 0.6 is 0 Å². The van der Waals surface area contributed by atoms with Crippen LogP contribution in [0.25, 0.3) is 0 Å². The molecule has 0 radical (unpaired) electrons. The van der Waals surface area contributed by atoms with Crippen molar-refractivity contribution >= 4 is 11.9 Å². The fraction of sp³-hybridized carbons (Fsp3) is 0.846. The zero-order chi connectivity index (χ0) is 13.7. The zero-order valence-corrected chi connectivity index (χ0v) is 11.5. The van der Waals surface area contributed by atoms with Crippen LogP contribution in [-0.4, -0.2) is 30.4 Å². The lowest BCUT2D eigenvalue weighted by Crippen LogP contribution is -2.34. The van der Waals surface area contributed by atoms with Gasteiger partial charge in [0.1, 0.15) is 0 Å². The van der Waals surface area contributed by atoms with Gasteiger partial charge < -0.3 is 14.2 Å². The maximum Gasteiger partial charge on any atom is 0.305 e. The Labute approximate surface area is 108 Å². The minimum absolute atomic E-state index is 0.0290. The van der Waals surface area contributed by atoms with Gasteiger partial charge in [-0.25, -0.2) is 0 Å². The number of carbonyl (C=O) groups is 2. The van der Waals surface area contributed by atoms with Crippen LogP contribution in [-0.2, 0) is 23.8 Å². The van der Waals surface area contributed by atoms with Gasteiger partial charge in [-0.05, 0) is 12.8 Å². The molecule has 0 aliphatic carbocycles. The third kappa shape index (κ3) is 3.70. The second kappa shape index (κ2) is 6.73. The van der Waals surface area contributed by atoms with E-state index in [-0.39, 0.29) is 18.0 Å². The van der Waals surface area contributed by atoms with Crippen molar-refractivity contribution in [2.45, 2.75) is 65.5 Å². The van der Waals surface area contributed by atoms with Crippen molar-refractivity contribution in [3.63, 3.8) is 0 Å². The summed E-state index contributed by atoms with van der Waals surface area (Å²) in [5, 5.41) is 0. The predicted molar refractivity (Wildman–Crippen MR) is 64.7 cm³/mol. The average Bonchev–Trinajstić information content (AvgIpc) is 2.57. The molecule has 4 atom stereocenters. The Kier molecular flexibility index (Phi) is 5.59. The highest BCUT2D eigenvalue weighted by Crippen LogP contribution is 2.35. The Morgan fingerprint density at radius 2 is 1.72 bits per heavy atom. The smallest absolute Gasteiger partial charge is 0.305 e. The molecule has 1 aliphatic heterocycles. The molecule has 1 saturated heterocycles. The molecule has 0 aromatic carbocycles. The van der Waals surface area contributed by atoms with Crippen molar-refractivity contribution in [2.24, 2.45) is 5.92 Å². The highest BCUT2D eigenvalue weighted by atomic mass is 16.7. The van der Waals surface area contributed by atoms with E-state index >= 15 is 0 Å². The predicted octanol–water partition coefficient (Wildman–Crippen LogP) is 2.03. The number of esters is 2. The standard InChI is InChI=1S/C13H22O5/c1-5-7-10-11(6-2)18-13(17-9(4)15)12(10)16-8(3)14/h10-13H,5-7H2,1-4H3/t10-,11-,12-,13?/m1/s1. The lowest BCUT2D eigenvalue weighted by Gasteiger charge is -2.22. The highest BCUT2D eigenvalue weighted by molar-refractivity contribution is 5.67. The van der Waals surface area contributed by atoms with Crippen LogP contribution in [0.3, 0.4) is 0 Å². The molecule has 0 amide bonds. The molecule has 0 saturated carbocycles. The summed E-state index contributed by atoms with van der Waals surface area (Å²) in [6, 6.07) is 0. The summed E-state index contributed by atoms with van der Waals surface area (Å²) in [5.74, 6) is -0.712. The van der Waals surface area contributed by atoms with Crippen molar-refractivity contribution < 1.29 is 23.8 Å². The summed E-state index contributed by atoms with van der Waals surface area (Å²) in [6.07, 6.45) is 1.37. The molecular formula is C13H22O5. The molecular weight excluding hydrogens is 236 g/mol. The van der Waals surface area contributed by atoms with E-state index in [1.165, 1.54) is 13.8 Å². The normalized spacial score (nSPS) is 31.1. The van der Waals surface area contributed by atoms with E-state index in [4.69, 9.17) is 14.2 Å². The lowest BCUT2D eigenvalue weighted by molar-refractivity contribution is -0.194. The third-order valence-electron chi connectivity index (χ3n) is 3.09. The fourth-order valence-corrected chi connectivity index (χ4v) is 2.44. The molecule has 0 aromatic heterocycles. The molecule has 104 valence electrons. The van der Waals surface area contributed by atoms with Gasteiger partial charge in [-0.1, -0.05) is 20.3 Å². The molecule has 1 fully saturated rings. The van der Waals surface area contributed by atoms with Gasteiger partial charge in [-0.15, -0.1) is 0 Å². The molecule has 0 spiro atoms. The van der Waals surface area contributed by atoms with Crippen LogP contribution in [0.4, 0.5) is 0 Å². The molecule has 0 N–H and O–H groups in total. The van der Waals surface area contributed by atoms with Crippen LogP contribution in [0, 0.1) is 5.92 Å². The van der Waals surface area contributed by atoms with Gasteiger partial charge in [0.05, 0.1) is 6.10 Å². The van der Waals surface area contributed by atoms with Gasteiger partial charge in [0.15, 0.2) is 6.10 Å². The Morgan fingerprint density at radius 3 is 2.17 bits per heavy atom. The quantitative estimate of drug-likeness (QED) is 0.706. The van der Waals surface area contributed by atoms with Gasteiger partial charge >= 0.3 is 11.9 Å². The molecule has 5 nitrogen and oxygen atoms in total. The van der Waals surface area contributed by atoms with Crippen molar-refractivity contribution in [3.8, 4) is 0 Å². The van der Waals surface area contributed by atoms with Crippen molar-refractivity contribution in [2.75, 3.05) is 0 Å². The van der Waals surface area contributed by atoms with Crippen molar-refractivity contribution in [1.82, 2.24) is 0 Å². The first-order valence-electron chi connectivity index (χ1n) is 6.49. The van der Waals surface area contributed by atoms with E-state index in [9.17, 15) is 9.59 Å². The molecule has 0 aromatic rings. The van der Waals surface area contributed by atoms with E-state index in [1.807, 2.05) is 6.92 Å². The van der Waals surface area contributed by atoms with Crippen molar-refractivity contribution in [3.05, 3.63) is 0 Å². The van der Waals surface area contributed by atoms with Gasteiger partial charge in [0.2, 0.25) is 6.29 Å². The second-order valence-electron chi connectivity index (χ2n) is 4.59. The summed E-state index contributed by atoms with van der Waals surface area (Å²) in [5.41, 5.74) is 0. The zero-order valence-electron chi connectivity index (χ0n) is 11.5. The number of hydrogen-bond donors (Lipinski definition) is 0. The number of ether oxygens (including phenoxy) is 3. The Morgan fingerprint density at radius 1 is 1.11 bits per heavy atom. The van der Waals surface area contributed by atoms with Gasteiger partial charge in [0.25, 0.3) is 0 Å². The van der Waals surface area contributed by atoms with Crippen LogP contribution in [0.5, 0.6) is 0 Å². The van der Waals surface area contributed by atoms with Gasteiger partial charge in [-0.2, -0.15) is 0 Å². The molecule has 1 rings (SSSR count). The summed E-state index contributed by atoms with van der Waals surface area (Å²) in [4.78, 5) is 22.2. The maximum atomic E-state index is 11.2. The summed E-state index contributed by atoms with van der Waals surface area (Å²) >= 11 is 0. The molecule has 1 unspecified atom stereocenters. The molecule has 5 heteroatoms. The Hall–Kier alpha value is -1.10. The van der Waals surface area contributed by atoms with E-state index in [0.29, 0.717) is 0 Å². The van der Waals surface area contributed by atoms with E-state index in [2.05, 4.69) is 6.92 Å². The van der Waals surface area contributed by atoms with E-state index in [0.717, 1.165) is 19.3 Å². The van der Waals surface area contributed by atoms with Crippen LogP contribution in [0.2, 0.25) is 0 Å². The highest BCUT2D eigenvalue weighted by Gasteiger charge is 2.47. The minimum Gasteiger partial charge on any atom is -0.455 e. The second-order valence-corrected chi connectivity index (χ2v) is 4.59. The summed E-state index contributed by atoms with van der Waals surface area (Å²) in [7, 11) is 0. The minimum atomic E-state index is -0.770. The summed E-state index contributed by atoms with van der Waals surface area (Å²) in [6.45, 7) is 6.75. The number of carbonyl (C=O) groups excluding carboxylic acids is 2. The number of hydrogen-bond acceptors (Lipinski definition) is 5. The fourth-order valence-electron chi connectivity index (χ4n) is 2.44. The average molecular weight is 258 g/mol. The molecule has 0 bridgehead atoms. The van der Waals surface area contributed by atoms with Crippen LogP contribution in [0.15, 0.2) is 0 Å². The van der Waals surface area contributed by atoms with Crippen LogP contribution < -0.4 is 0 Å². The van der Waals surface area contributed by atoms with E-state index < -0.39 is 18.4 Å². The Balaban J connectivity index is 2.82. The topological polar surface area (TPSA) is 61.8 Å². The lowest BCUT2D eigenvalue weighted by atomic mass is 9.92. The van der Waals surface area contributed by atoms with E-state index in [1.54, 1.807) is 0 Å². The monoisotopic (exact) mass is 258 g/mol. The first-order chi connectivity index (χ1) is 8.49. The van der Waals surface area contributed by atoms with Crippen molar-refractivity contribution in [1.29, 1.82) is 0 Å². The summed E-state index contributed by atoms with van der Waals surface area (Å²) < 4.78 is 16.1. The largest absolute Gasteiger partial charge is 0.455 e. The van der Waals surface area contributed by atoms with Gasteiger partial charge in [0, 0.05) is 19.8 Å². The van der Waals surface area contributed by atoms with Gasteiger partial charge in [-0.3, -0.25) is 9.59 Å². The molecule has 18 heavy (non-hydrogen) atoms. The maximum absolute atomic E-state index is 11.2. The van der Waals surface area contributed by atoms with Crippen LogP contribution in [0.1, 0.15) is 47.0 Å². The number of rotatable bonds is 5. The molecule has 1 heterocycles. The first kappa shape index (κ1) is 15.0. The third-order valence-corrected chi connectivity index (χ3v) is 3.09. The Bertz CT molecular complexity index is 302. The first-order valence-corrected chi connectivity index (χ1v) is 6.49.